The van der Waals surface area contributed by atoms with Gasteiger partial charge in [0.15, 0.2) is 0 Å². The van der Waals surface area contributed by atoms with Gasteiger partial charge in [0.2, 0.25) is 0 Å². The van der Waals surface area contributed by atoms with Crippen LogP contribution in [0.4, 0.5) is 0 Å². The molecule has 0 spiro atoms. The summed E-state index contributed by atoms with van der Waals surface area (Å²) < 4.78 is 0. The molecule has 1 aromatic heterocycles. The summed E-state index contributed by atoms with van der Waals surface area (Å²) in [5, 5.41) is 11.6. The van der Waals surface area contributed by atoms with E-state index in [2.05, 4.69) is 47.6 Å². The van der Waals surface area contributed by atoms with Gasteiger partial charge >= 0.3 is 0 Å². The molecule has 0 N–H and O–H groups in total. The Morgan fingerprint density at radius 1 is 1.31 bits per heavy atom. The molecule has 0 bridgehead atoms. The van der Waals surface area contributed by atoms with Crippen molar-refractivity contribution in [3.05, 3.63) is 40.2 Å². The third-order valence-corrected chi connectivity index (χ3v) is 3.26. The Morgan fingerprint density at radius 3 is 2.75 bits per heavy atom. The van der Waals surface area contributed by atoms with Gasteiger partial charge in [0.05, 0.1) is 16.8 Å². The van der Waals surface area contributed by atoms with Crippen LogP contribution in [-0.4, -0.2) is 4.98 Å². The van der Waals surface area contributed by atoms with Crippen LogP contribution >= 0.6 is 11.3 Å². The van der Waals surface area contributed by atoms with E-state index in [4.69, 9.17) is 5.26 Å². The molecule has 16 heavy (non-hydrogen) atoms. The topological polar surface area (TPSA) is 36.7 Å². The molecular formula is C13H12N2S. The van der Waals surface area contributed by atoms with E-state index in [9.17, 15) is 0 Å². The maximum Gasteiger partial charge on any atom is 0.0942 e. The van der Waals surface area contributed by atoms with Crippen LogP contribution in [0, 0.1) is 18.3 Å². The van der Waals surface area contributed by atoms with E-state index >= 15 is 0 Å². The van der Waals surface area contributed by atoms with E-state index < -0.39 is 0 Å². The second-order valence-electron chi connectivity index (χ2n) is 3.65. The van der Waals surface area contributed by atoms with Gasteiger partial charge in [-0.3, -0.25) is 0 Å². The van der Waals surface area contributed by atoms with Crippen LogP contribution < -0.4 is 0 Å². The molecule has 80 valence electrons. The first kappa shape index (κ1) is 10.8. The first-order chi connectivity index (χ1) is 7.79. The highest BCUT2D eigenvalue weighted by Crippen LogP contribution is 2.22. The van der Waals surface area contributed by atoms with E-state index in [0.29, 0.717) is 6.42 Å². The molecule has 2 nitrogen and oxygen atoms in total. The number of thiazole rings is 1. The number of rotatable bonds is 3. The summed E-state index contributed by atoms with van der Waals surface area (Å²) in [5.74, 6) is 0. The van der Waals surface area contributed by atoms with Crippen molar-refractivity contribution in [2.75, 3.05) is 0 Å². The highest BCUT2D eigenvalue weighted by molar-refractivity contribution is 7.09. The van der Waals surface area contributed by atoms with Crippen molar-refractivity contribution in [1.82, 2.24) is 4.98 Å². The molecule has 0 aliphatic carbocycles. The van der Waals surface area contributed by atoms with Crippen molar-refractivity contribution in [3.8, 4) is 17.3 Å². The van der Waals surface area contributed by atoms with E-state index in [-0.39, 0.29) is 0 Å². The first-order valence-electron chi connectivity index (χ1n) is 5.18. The molecule has 0 aliphatic heterocycles. The number of benzene rings is 1. The van der Waals surface area contributed by atoms with Crippen molar-refractivity contribution in [2.45, 2.75) is 19.8 Å². The lowest BCUT2D eigenvalue weighted by Gasteiger charge is -1.96. The van der Waals surface area contributed by atoms with Crippen LogP contribution in [-0.2, 0) is 6.42 Å². The molecule has 0 saturated carbocycles. The van der Waals surface area contributed by atoms with Gasteiger partial charge in [-0.2, -0.15) is 5.26 Å². The number of nitriles is 1. The van der Waals surface area contributed by atoms with Gasteiger partial charge in [-0.05, 0) is 6.92 Å². The maximum absolute atomic E-state index is 8.51. The number of aryl methyl sites for hydroxylation is 2. The van der Waals surface area contributed by atoms with E-state index in [0.717, 1.165) is 22.7 Å². The smallest absolute Gasteiger partial charge is 0.0942 e. The highest BCUT2D eigenvalue weighted by Gasteiger charge is 2.03. The van der Waals surface area contributed by atoms with Crippen LogP contribution in [0.2, 0.25) is 0 Å². The van der Waals surface area contributed by atoms with Crippen LogP contribution in [0.15, 0.2) is 29.6 Å². The summed E-state index contributed by atoms with van der Waals surface area (Å²) in [6.45, 7) is 2.07. The Balaban J connectivity index is 2.18. The summed E-state index contributed by atoms with van der Waals surface area (Å²) in [6, 6.07) is 10.5. The van der Waals surface area contributed by atoms with Crippen LogP contribution in [0.5, 0.6) is 0 Å². The Labute approximate surface area is 99.2 Å². The summed E-state index contributed by atoms with van der Waals surface area (Å²) in [7, 11) is 0. The highest BCUT2D eigenvalue weighted by atomic mass is 32.1. The number of aromatic nitrogens is 1. The Hall–Kier alpha value is -1.66. The average Bonchev–Trinajstić information content (AvgIpc) is 2.76. The van der Waals surface area contributed by atoms with Gasteiger partial charge in [-0.15, -0.1) is 11.3 Å². The molecule has 1 heterocycles. The van der Waals surface area contributed by atoms with Gasteiger partial charge in [-0.1, -0.05) is 29.8 Å². The normalized spacial score (nSPS) is 10.0. The van der Waals surface area contributed by atoms with Gasteiger partial charge in [0.1, 0.15) is 0 Å². The molecule has 3 heteroatoms. The minimum atomic E-state index is 0.543. The van der Waals surface area contributed by atoms with Crippen LogP contribution in [0.1, 0.15) is 17.0 Å². The standard InChI is InChI=1S/C13H12N2S/c1-10-4-6-11(7-5-10)12-9-16-13(15-12)3-2-8-14/h4-7,9H,2-3H2,1H3. The predicted molar refractivity (Wildman–Crippen MR) is 66.2 cm³/mol. The minimum absolute atomic E-state index is 0.543. The molecule has 0 aliphatic rings. The molecule has 2 rings (SSSR count). The van der Waals surface area contributed by atoms with Gasteiger partial charge in [0, 0.05) is 23.8 Å². The number of hydrogen-bond acceptors (Lipinski definition) is 3. The molecule has 0 amide bonds. The van der Waals surface area contributed by atoms with Gasteiger partial charge in [0.25, 0.3) is 0 Å². The third-order valence-electron chi connectivity index (χ3n) is 2.35. The fourth-order valence-electron chi connectivity index (χ4n) is 1.45. The summed E-state index contributed by atoms with van der Waals surface area (Å²) in [5.41, 5.74) is 3.41. The Kier molecular flexibility index (Phi) is 3.33. The van der Waals surface area contributed by atoms with Crippen molar-refractivity contribution in [1.29, 1.82) is 5.26 Å². The molecule has 0 saturated heterocycles. The first-order valence-corrected chi connectivity index (χ1v) is 6.06. The summed E-state index contributed by atoms with van der Waals surface area (Å²) in [6.07, 6.45) is 1.30. The molecule has 0 atom stereocenters. The molecule has 0 fully saturated rings. The third kappa shape index (κ3) is 2.47. The van der Waals surface area contributed by atoms with E-state index in [1.165, 1.54) is 5.56 Å². The van der Waals surface area contributed by atoms with Crippen molar-refractivity contribution >= 4 is 11.3 Å². The number of hydrogen-bond donors (Lipinski definition) is 0. The largest absolute Gasteiger partial charge is 0.241 e. The van der Waals surface area contributed by atoms with Crippen molar-refractivity contribution in [3.63, 3.8) is 0 Å². The number of nitrogens with zero attached hydrogens (tertiary/aromatic N) is 2. The zero-order valence-electron chi connectivity index (χ0n) is 9.10. The van der Waals surface area contributed by atoms with Gasteiger partial charge in [-0.25, -0.2) is 4.98 Å². The maximum atomic E-state index is 8.51. The average molecular weight is 228 g/mol. The Morgan fingerprint density at radius 2 is 2.06 bits per heavy atom. The lowest BCUT2D eigenvalue weighted by atomic mass is 10.1. The fraction of sp³-hybridized carbons (Fsp3) is 0.231. The molecule has 0 unspecified atom stereocenters. The molecule has 2 aromatic rings. The lowest BCUT2D eigenvalue weighted by molar-refractivity contribution is 0.991. The zero-order chi connectivity index (χ0) is 11.4. The minimum Gasteiger partial charge on any atom is -0.241 e. The van der Waals surface area contributed by atoms with E-state index in [1.807, 2.05) is 0 Å². The van der Waals surface area contributed by atoms with Crippen LogP contribution in [0.3, 0.4) is 0 Å². The monoisotopic (exact) mass is 228 g/mol. The molecule has 1 aromatic carbocycles. The van der Waals surface area contributed by atoms with E-state index in [1.54, 1.807) is 11.3 Å². The summed E-state index contributed by atoms with van der Waals surface area (Å²) in [4.78, 5) is 4.52. The second-order valence-corrected chi connectivity index (χ2v) is 4.59. The molecular weight excluding hydrogens is 216 g/mol. The second kappa shape index (κ2) is 4.91. The van der Waals surface area contributed by atoms with Gasteiger partial charge < -0.3 is 0 Å². The Bertz CT molecular complexity index is 505. The SMILES string of the molecule is Cc1ccc(-c2csc(CCC#N)n2)cc1. The zero-order valence-corrected chi connectivity index (χ0v) is 9.92. The summed E-state index contributed by atoms with van der Waals surface area (Å²) >= 11 is 1.63. The predicted octanol–water partition coefficient (Wildman–Crippen LogP) is 3.57. The lowest BCUT2D eigenvalue weighted by Crippen LogP contribution is -1.83. The van der Waals surface area contributed by atoms with Crippen molar-refractivity contribution < 1.29 is 0 Å². The quantitative estimate of drug-likeness (QED) is 0.805. The van der Waals surface area contributed by atoms with Crippen molar-refractivity contribution in [2.24, 2.45) is 0 Å². The fourth-order valence-corrected chi connectivity index (χ4v) is 2.25. The molecule has 0 radical (unpaired) electrons. The van der Waals surface area contributed by atoms with Crippen LogP contribution in [0.25, 0.3) is 11.3 Å².